The Morgan fingerprint density at radius 1 is 0.533 bits per heavy atom. The molecule has 0 aromatic heterocycles. The van der Waals surface area contributed by atoms with Gasteiger partial charge in [-0.2, -0.15) is 0 Å². The molecule has 0 radical (unpaired) electrons. The van der Waals surface area contributed by atoms with Crippen molar-refractivity contribution in [2.45, 2.75) is 12.5 Å². The van der Waals surface area contributed by atoms with Crippen LogP contribution in [0.2, 0.25) is 0 Å². The van der Waals surface area contributed by atoms with Crippen molar-refractivity contribution in [3.8, 4) is 0 Å². The van der Waals surface area contributed by atoms with E-state index < -0.39 is 0 Å². The lowest BCUT2D eigenvalue weighted by Crippen LogP contribution is -1.98. The molecule has 1 heterocycles. The second kappa shape index (κ2) is 8.52. The van der Waals surface area contributed by atoms with Crippen LogP contribution in [0.4, 0.5) is 0 Å². The largest absolute Gasteiger partial charge is 0.373 e. The van der Waals surface area contributed by atoms with Crippen molar-refractivity contribution in [3.63, 3.8) is 0 Å². The third kappa shape index (κ3) is 4.12. The molecule has 5 rings (SSSR count). The van der Waals surface area contributed by atoms with Crippen molar-refractivity contribution in [2.24, 2.45) is 0 Å². The SMILES string of the molecule is c1ccc(C(=C(c2ccccc2)c2ccc(CC3CO3)cc2)c2ccccc2)cc1. The summed E-state index contributed by atoms with van der Waals surface area (Å²) in [6.07, 6.45) is 1.40. The minimum Gasteiger partial charge on any atom is -0.373 e. The van der Waals surface area contributed by atoms with Gasteiger partial charge in [0.25, 0.3) is 0 Å². The lowest BCUT2D eigenvalue weighted by Gasteiger charge is -2.18. The molecule has 0 bridgehead atoms. The lowest BCUT2D eigenvalue weighted by atomic mass is 9.85. The maximum Gasteiger partial charge on any atom is 0.0850 e. The molecule has 0 spiro atoms. The van der Waals surface area contributed by atoms with E-state index in [9.17, 15) is 0 Å². The maximum atomic E-state index is 5.40. The molecule has 1 fully saturated rings. The molecule has 0 saturated carbocycles. The quantitative estimate of drug-likeness (QED) is 0.267. The maximum absolute atomic E-state index is 5.40. The third-order valence-electron chi connectivity index (χ3n) is 5.55. The predicted octanol–water partition coefficient (Wildman–Crippen LogP) is 6.64. The average Bonchev–Trinajstić information content (AvgIpc) is 3.64. The van der Waals surface area contributed by atoms with Crippen LogP contribution in [0.5, 0.6) is 0 Å². The first-order valence-electron chi connectivity index (χ1n) is 10.5. The molecule has 1 saturated heterocycles. The fourth-order valence-electron chi connectivity index (χ4n) is 3.98. The molecule has 30 heavy (non-hydrogen) atoms. The summed E-state index contributed by atoms with van der Waals surface area (Å²) < 4.78 is 5.40. The molecule has 4 aromatic carbocycles. The van der Waals surface area contributed by atoms with E-state index in [0.717, 1.165) is 13.0 Å². The van der Waals surface area contributed by atoms with E-state index in [2.05, 4.69) is 115 Å². The molecule has 1 aliphatic heterocycles. The van der Waals surface area contributed by atoms with E-state index in [0.29, 0.717) is 6.10 Å². The Kier molecular flexibility index (Phi) is 5.28. The monoisotopic (exact) mass is 388 g/mol. The molecule has 1 unspecified atom stereocenters. The fraction of sp³-hybridized carbons (Fsp3) is 0.103. The van der Waals surface area contributed by atoms with Crippen LogP contribution in [-0.2, 0) is 11.2 Å². The highest BCUT2D eigenvalue weighted by Crippen LogP contribution is 2.36. The smallest absolute Gasteiger partial charge is 0.0850 e. The second-order valence-electron chi connectivity index (χ2n) is 7.70. The number of hydrogen-bond acceptors (Lipinski definition) is 1. The first-order chi connectivity index (χ1) is 14.9. The summed E-state index contributed by atoms with van der Waals surface area (Å²) in [7, 11) is 0. The zero-order chi connectivity index (χ0) is 20.2. The molecule has 0 amide bonds. The van der Waals surface area contributed by atoms with Crippen molar-refractivity contribution in [1.29, 1.82) is 0 Å². The van der Waals surface area contributed by atoms with Crippen LogP contribution in [0.15, 0.2) is 115 Å². The Hall–Kier alpha value is -3.42. The molecule has 1 heteroatoms. The van der Waals surface area contributed by atoms with E-state index in [-0.39, 0.29) is 0 Å². The van der Waals surface area contributed by atoms with E-state index >= 15 is 0 Å². The van der Waals surface area contributed by atoms with Gasteiger partial charge in [0.05, 0.1) is 12.7 Å². The highest BCUT2D eigenvalue weighted by molar-refractivity contribution is 6.04. The van der Waals surface area contributed by atoms with E-state index in [1.54, 1.807) is 0 Å². The first-order valence-corrected chi connectivity index (χ1v) is 10.5. The molecule has 1 nitrogen and oxygen atoms in total. The molecule has 0 N–H and O–H groups in total. The Bertz CT molecular complexity index is 1080. The molecular formula is C29H24O. The Morgan fingerprint density at radius 3 is 1.27 bits per heavy atom. The summed E-state index contributed by atoms with van der Waals surface area (Å²) in [4.78, 5) is 0. The molecule has 146 valence electrons. The van der Waals surface area contributed by atoms with Gasteiger partial charge in [-0.1, -0.05) is 115 Å². The molecular weight excluding hydrogens is 364 g/mol. The van der Waals surface area contributed by atoms with Gasteiger partial charge in [-0.05, 0) is 39.0 Å². The summed E-state index contributed by atoms with van der Waals surface area (Å²) in [5.74, 6) is 0. The summed E-state index contributed by atoms with van der Waals surface area (Å²) >= 11 is 0. The van der Waals surface area contributed by atoms with E-state index in [1.165, 1.54) is 39.0 Å². The summed E-state index contributed by atoms with van der Waals surface area (Å²) in [5, 5.41) is 0. The number of rotatable bonds is 6. The standard InChI is InChI=1S/C29H24O/c1-4-10-23(11-5-1)28(24-12-6-2-7-13-24)29(25-14-8-3-9-15-25)26-18-16-22(17-19-26)20-27-21-30-27/h1-19,27H,20-21H2. The van der Waals surface area contributed by atoms with Gasteiger partial charge in [0.1, 0.15) is 0 Å². The Labute approximate surface area is 178 Å². The van der Waals surface area contributed by atoms with E-state index in [1.807, 2.05) is 0 Å². The van der Waals surface area contributed by atoms with Crippen molar-refractivity contribution in [3.05, 3.63) is 143 Å². The number of epoxide rings is 1. The fourth-order valence-corrected chi connectivity index (χ4v) is 3.98. The van der Waals surface area contributed by atoms with Crippen LogP contribution < -0.4 is 0 Å². The van der Waals surface area contributed by atoms with Gasteiger partial charge in [-0.15, -0.1) is 0 Å². The van der Waals surface area contributed by atoms with Crippen molar-refractivity contribution in [1.82, 2.24) is 0 Å². The zero-order valence-corrected chi connectivity index (χ0v) is 16.9. The summed E-state index contributed by atoms with van der Waals surface area (Å²) in [6, 6.07) is 41.1. The predicted molar refractivity (Wildman–Crippen MR) is 124 cm³/mol. The normalized spacial score (nSPS) is 14.9. The Balaban J connectivity index is 1.73. The van der Waals surface area contributed by atoms with Crippen LogP contribution in [0.1, 0.15) is 27.8 Å². The van der Waals surface area contributed by atoms with Gasteiger partial charge < -0.3 is 4.74 Å². The van der Waals surface area contributed by atoms with Crippen molar-refractivity contribution < 1.29 is 4.74 Å². The third-order valence-corrected chi connectivity index (χ3v) is 5.55. The van der Waals surface area contributed by atoms with Crippen LogP contribution >= 0.6 is 0 Å². The Morgan fingerprint density at radius 2 is 0.900 bits per heavy atom. The number of hydrogen-bond donors (Lipinski definition) is 0. The van der Waals surface area contributed by atoms with Crippen LogP contribution in [0.25, 0.3) is 11.1 Å². The second-order valence-corrected chi connectivity index (χ2v) is 7.70. The van der Waals surface area contributed by atoms with Gasteiger partial charge in [-0.3, -0.25) is 0 Å². The first kappa shape index (κ1) is 18.6. The number of ether oxygens (including phenoxy) is 1. The van der Waals surface area contributed by atoms with Crippen molar-refractivity contribution in [2.75, 3.05) is 6.61 Å². The average molecular weight is 389 g/mol. The topological polar surface area (TPSA) is 12.5 Å². The van der Waals surface area contributed by atoms with Crippen LogP contribution in [-0.4, -0.2) is 12.7 Å². The molecule has 1 aliphatic rings. The van der Waals surface area contributed by atoms with Gasteiger partial charge in [0.2, 0.25) is 0 Å². The van der Waals surface area contributed by atoms with Crippen molar-refractivity contribution >= 4 is 11.1 Å². The molecule has 1 atom stereocenters. The molecule has 4 aromatic rings. The van der Waals surface area contributed by atoms with Crippen LogP contribution in [0, 0.1) is 0 Å². The van der Waals surface area contributed by atoms with Gasteiger partial charge in [0, 0.05) is 6.42 Å². The highest BCUT2D eigenvalue weighted by Gasteiger charge is 2.22. The van der Waals surface area contributed by atoms with Crippen LogP contribution in [0.3, 0.4) is 0 Å². The minimum absolute atomic E-state index is 0.407. The van der Waals surface area contributed by atoms with E-state index in [4.69, 9.17) is 4.74 Å². The van der Waals surface area contributed by atoms with Gasteiger partial charge in [0.15, 0.2) is 0 Å². The number of benzene rings is 4. The van der Waals surface area contributed by atoms with Gasteiger partial charge in [-0.25, -0.2) is 0 Å². The molecule has 0 aliphatic carbocycles. The zero-order valence-electron chi connectivity index (χ0n) is 16.9. The summed E-state index contributed by atoms with van der Waals surface area (Å²) in [6.45, 7) is 0.892. The van der Waals surface area contributed by atoms with Gasteiger partial charge >= 0.3 is 0 Å². The summed E-state index contributed by atoms with van der Waals surface area (Å²) in [5.41, 5.74) is 8.72. The highest BCUT2D eigenvalue weighted by atomic mass is 16.6. The lowest BCUT2D eigenvalue weighted by molar-refractivity contribution is 0.407. The minimum atomic E-state index is 0.407.